The van der Waals surface area contributed by atoms with E-state index in [-0.39, 0.29) is 31.5 Å². The molecule has 2 N–H and O–H groups in total. The lowest BCUT2D eigenvalue weighted by Gasteiger charge is -2.09. The highest BCUT2D eigenvalue weighted by atomic mass is 16.7. The van der Waals surface area contributed by atoms with Crippen molar-refractivity contribution in [2.45, 2.75) is 26.3 Å². The van der Waals surface area contributed by atoms with Crippen molar-refractivity contribution in [2.75, 3.05) is 6.79 Å². The van der Waals surface area contributed by atoms with Crippen LogP contribution < -0.4 is 14.8 Å². The van der Waals surface area contributed by atoms with Gasteiger partial charge in [-0.1, -0.05) is 13.0 Å². The van der Waals surface area contributed by atoms with Crippen LogP contribution in [0.1, 0.15) is 25.3 Å². The predicted octanol–water partition coefficient (Wildman–Crippen LogP) is 1.53. The summed E-state index contributed by atoms with van der Waals surface area (Å²) in [7, 11) is 0. The van der Waals surface area contributed by atoms with Gasteiger partial charge in [0.05, 0.1) is 0 Å². The number of fused-ring (bicyclic) bond motifs is 1. The van der Waals surface area contributed by atoms with Crippen molar-refractivity contribution in [2.24, 2.45) is 5.92 Å². The fourth-order valence-corrected chi connectivity index (χ4v) is 2.01. The molecule has 108 valence electrons. The fourth-order valence-electron chi connectivity index (χ4n) is 2.01. The maximum atomic E-state index is 11.7. The molecule has 0 spiro atoms. The summed E-state index contributed by atoms with van der Waals surface area (Å²) in [6.07, 6.45) is 0.203. The first kappa shape index (κ1) is 14.2. The largest absolute Gasteiger partial charge is 0.481 e. The van der Waals surface area contributed by atoms with Crippen LogP contribution in [0, 0.1) is 5.92 Å². The van der Waals surface area contributed by atoms with Crippen LogP contribution in [0.25, 0.3) is 0 Å². The topological polar surface area (TPSA) is 84.9 Å². The minimum Gasteiger partial charge on any atom is -0.481 e. The normalized spacial score (nSPS) is 13.8. The van der Waals surface area contributed by atoms with Gasteiger partial charge in [-0.3, -0.25) is 9.59 Å². The molecule has 1 heterocycles. The molecule has 1 atom stereocenters. The minimum absolute atomic E-state index is 0.00254. The predicted molar refractivity (Wildman–Crippen MR) is 70.4 cm³/mol. The average Bonchev–Trinajstić information content (AvgIpc) is 2.82. The van der Waals surface area contributed by atoms with E-state index in [2.05, 4.69) is 5.32 Å². The first-order chi connectivity index (χ1) is 9.54. The summed E-state index contributed by atoms with van der Waals surface area (Å²) in [5, 5.41) is 11.4. The van der Waals surface area contributed by atoms with Crippen LogP contribution in [-0.2, 0) is 16.1 Å². The van der Waals surface area contributed by atoms with E-state index in [9.17, 15) is 9.59 Å². The van der Waals surface area contributed by atoms with Gasteiger partial charge in [-0.2, -0.15) is 0 Å². The van der Waals surface area contributed by atoms with Crippen LogP contribution >= 0.6 is 0 Å². The molecule has 1 aromatic carbocycles. The van der Waals surface area contributed by atoms with Crippen molar-refractivity contribution in [3.8, 4) is 11.5 Å². The van der Waals surface area contributed by atoms with Gasteiger partial charge in [0.1, 0.15) is 0 Å². The van der Waals surface area contributed by atoms with Crippen molar-refractivity contribution >= 4 is 11.9 Å². The number of nitrogens with one attached hydrogen (secondary N) is 1. The minimum atomic E-state index is -0.888. The van der Waals surface area contributed by atoms with Crippen molar-refractivity contribution in [3.05, 3.63) is 23.8 Å². The Morgan fingerprint density at radius 3 is 2.80 bits per heavy atom. The van der Waals surface area contributed by atoms with Crippen molar-refractivity contribution in [1.29, 1.82) is 0 Å². The SMILES string of the molecule is CC(CC(=O)O)CC(=O)NCc1ccc2c(c1)OCO2. The molecule has 0 fully saturated rings. The monoisotopic (exact) mass is 279 g/mol. The molecule has 1 unspecified atom stereocenters. The lowest BCUT2D eigenvalue weighted by atomic mass is 10.0. The van der Waals surface area contributed by atoms with Crippen LogP contribution in [0.3, 0.4) is 0 Å². The zero-order valence-electron chi connectivity index (χ0n) is 11.2. The van der Waals surface area contributed by atoms with E-state index in [4.69, 9.17) is 14.6 Å². The Morgan fingerprint density at radius 1 is 1.30 bits per heavy atom. The third-order valence-corrected chi connectivity index (χ3v) is 2.98. The highest BCUT2D eigenvalue weighted by Gasteiger charge is 2.15. The van der Waals surface area contributed by atoms with Gasteiger partial charge >= 0.3 is 5.97 Å². The van der Waals surface area contributed by atoms with Crippen LogP contribution in [-0.4, -0.2) is 23.8 Å². The lowest BCUT2D eigenvalue weighted by molar-refractivity contribution is -0.138. The van der Waals surface area contributed by atoms with E-state index in [1.807, 2.05) is 12.1 Å². The summed E-state index contributed by atoms with van der Waals surface area (Å²) in [4.78, 5) is 22.2. The number of rotatable bonds is 6. The Labute approximate surface area is 116 Å². The highest BCUT2D eigenvalue weighted by Crippen LogP contribution is 2.32. The molecule has 1 amide bonds. The van der Waals surface area contributed by atoms with Crippen LogP contribution in [0.5, 0.6) is 11.5 Å². The molecule has 20 heavy (non-hydrogen) atoms. The third kappa shape index (κ3) is 3.88. The number of hydrogen-bond acceptors (Lipinski definition) is 4. The Kier molecular flexibility index (Phi) is 4.45. The average molecular weight is 279 g/mol. The summed E-state index contributed by atoms with van der Waals surface area (Å²) in [6.45, 7) is 2.35. The number of carboxylic acids is 1. The standard InChI is InChI=1S/C14H17NO5/c1-9(5-14(17)18)4-13(16)15-7-10-2-3-11-12(6-10)20-8-19-11/h2-3,6,9H,4-5,7-8H2,1H3,(H,15,16)(H,17,18). The molecule has 0 radical (unpaired) electrons. The van der Waals surface area contributed by atoms with E-state index in [0.29, 0.717) is 18.0 Å². The second-order valence-electron chi connectivity index (χ2n) is 4.87. The second kappa shape index (κ2) is 6.27. The number of amides is 1. The van der Waals surface area contributed by atoms with E-state index in [0.717, 1.165) is 5.56 Å². The van der Waals surface area contributed by atoms with Gasteiger partial charge in [0.15, 0.2) is 11.5 Å². The molecular formula is C14H17NO5. The van der Waals surface area contributed by atoms with Gasteiger partial charge < -0.3 is 19.9 Å². The lowest BCUT2D eigenvalue weighted by Crippen LogP contribution is -2.25. The quantitative estimate of drug-likeness (QED) is 0.825. The zero-order chi connectivity index (χ0) is 14.5. The van der Waals surface area contributed by atoms with Crippen molar-refractivity contribution < 1.29 is 24.2 Å². The number of carbonyl (C=O) groups is 2. The van der Waals surface area contributed by atoms with Crippen LogP contribution in [0.4, 0.5) is 0 Å². The number of ether oxygens (including phenoxy) is 2. The molecule has 0 aromatic heterocycles. The number of carbonyl (C=O) groups excluding carboxylic acids is 1. The van der Waals surface area contributed by atoms with Crippen LogP contribution in [0.15, 0.2) is 18.2 Å². The first-order valence-corrected chi connectivity index (χ1v) is 6.41. The van der Waals surface area contributed by atoms with Gasteiger partial charge in [-0.15, -0.1) is 0 Å². The summed E-state index contributed by atoms with van der Waals surface area (Å²) < 4.78 is 10.5. The Morgan fingerprint density at radius 2 is 2.05 bits per heavy atom. The van der Waals surface area contributed by atoms with E-state index < -0.39 is 5.97 Å². The highest BCUT2D eigenvalue weighted by molar-refractivity contribution is 5.77. The molecule has 0 bridgehead atoms. The first-order valence-electron chi connectivity index (χ1n) is 6.41. The Hall–Kier alpha value is -2.24. The summed E-state index contributed by atoms with van der Waals surface area (Å²) in [5.41, 5.74) is 0.911. The van der Waals surface area contributed by atoms with Crippen molar-refractivity contribution in [3.63, 3.8) is 0 Å². The van der Waals surface area contributed by atoms with E-state index in [1.165, 1.54) is 0 Å². The van der Waals surface area contributed by atoms with E-state index in [1.54, 1.807) is 13.0 Å². The molecule has 6 nitrogen and oxygen atoms in total. The molecule has 1 aliphatic rings. The van der Waals surface area contributed by atoms with E-state index >= 15 is 0 Å². The molecule has 6 heteroatoms. The summed E-state index contributed by atoms with van der Waals surface area (Å²) in [5.74, 6) is 0.160. The number of hydrogen-bond donors (Lipinski definition) is 2. The number of aliphatic carboxylic acids is 1. The maximum absolute atomic E-state index is 11.7. The summed E-state index contributed by atoms with van der Waals surface area (Å²) in [6, 6.07) is 5.48. The van der Waals surface area contributed by atoms with Crippen LogP contribution in [0.2, 0.25) is 0 Å². The zero-order valence-corrected chi connectivity index (χ0v) is 11.2. The maximum Gasteiger partial charge on any atom is 0.303 e. The molecule has 1 aromatic rings. The van der Waals surface area contributed by atoms with Gasteiger partial charge in [0, 0.05) is 19.4 Å². The third-order valence-electron chi connectivity index (χ3n) is 2.98. The Bertz CT molecular complexity index is 514. The molecule has 2 rings (SSSR count). The fraction of sp³-hybridized carbons (Fsp3) is 0.429. The molecule has 0 saturated carbocycles. The van der Waals surface area contributed by atoms with Gasteiger partial charge in [0.25, 0.3) is 0 Å². The molecule has 1 aliphatic heterocycles. The molecular weight excluding hydrogens is 262 g/mol. The summed E-state index contributed by atoms with van der Waals surface area (Å²) >= 11 is 0. The van der Waals surface area contributed by atoms with Gasteiger partial charge in [-0.05, 0) is 23.6 Å². The number of carboxylic acid groups (broad SMARTS) is 1. The van der Waals surface area contributed by atoms with Gasteiger partial charge in [-0.25, -0.2) is 0 Å². The molecule has 0 saturated heterocycles. The smallest absolute Gasteiger partial charge is 0.303 e. The second-order valence-corrected chi connectivity index (χ2v) is 4.87. The number of benzene rings is 1. The van der Waals surface area contributed by atoms with Crippen molar-refractivity contribution in [1.82, 2.24) is 5.32 Å². The molecule has 0 aliphatic carbocycles. The van der Waals surface area contributed by atoms with Gasteiger partial charge in [0.2, 0.25) is 12.7 Å². The Balaban J connectivity index is 1.80.